The molecule has 0 radical (unpaired) electrons. The highest BCUT2D eigenvalue weighted by atomic mass is 32.2. The largest absolute Gasteiger partial charge is 0.481 e. The Bertz CT molecular complexity index is 1650. The van der Waals surface area contributed by atoms with E-state index in [4.69, 9.17) is 0 Å². The van der Waals surface area contributed by atoms with E-state index in [9.17, 15) is 31.5 Å². The van der Waals surface area contributed by atoms with Crippen LogP contribution < -0.4 is 5.32 Å². The molecule has 4 rings (SSSR count). The molecule has 0 unspecified atom stereocenters. The fourth-order valence-corrected chi connectivity index (χ4v) is 6.54. The van der Waals surface area contributed by atoms with E-state index in [1.54, 1.807) is 19.1 Å². The number of aliphatic carboxylic acids is 1. The lowest BCUT2D eigenvalue weighted by Crippen LogP contribution is -2.08. The van der Waals surface area contributed by atoms with Crippen molar-refractivity contribution < 1.29 is 31.5 Å². The SMILES string of the molecule is Cc1ccc(S(=O)(=O)c2c(C)[nH]c(/C=C3/C(=O)Nc4ccc(S(C)(=O)=O)cc43)c2CCC(=O)O)cc1. The molecule has 1 aliphatic rings. The van der Waals surface area contributed by atoms with Crippen LogP contribution in [0.25, 0.3) is 11.6 Å². The monoisotopic (exact) mass is 528 g/mol. The Labute approximate surface area is 208 Å². The number of H-pyrrole nitrogens is 1. The molecule has 1 amide bonds. The molecule has 9 nitrogen and oxygen atoms in total. The number of carbonyl (C=O) groups excluding carboxylic acids is 1. The molecule has 0 bridgehead atoms. The van der Waals surface area contributed by atoms with Gasteiger partial charge in [0.25, 0.3) is 5.91 Å². The second kappa shape index (κ2) is 9.07. The van der Waals surface area contributed by atoms with E-state index < -0.39 is 31.6 Å². The van der Waals surface area contributed by atoms with Gasteiger partial charge in [-0.3, -0.25) is 9.59 Å². The number of rotatable bonds is 7. The van der Waals surface area contributed by atoms with Gasteiger partial charge in [-0.25, -0.2) is 16.8 Å². The van der Waals surface area contributed by atoms with Gasteiger partial charge >= 0.3 is 5.97 Å². The first-order valence-electron chi connectivity index (χ1n) is 10.9. The van der Waals surface area contributed by atoms with Crippen molar-refractivity contribution in [3.63, 3.8) is 0 Å². The van der Waals surface area contributed by atoms with Gasteiger partial charge in [0.15, 0.2) is 9.84 Å². The quantitative estimate of drug-likeness (QED) is 0.398. The van der Waals surface area contributed by atoms with Gasteiger partial charge in [0.05, 0.1) is 20.3 Å². The second-order valence-corrected chi connectivity index (χ2v) is 12.6. The van der Waals surface area contributed by atoms with Crippen LogP contribution in [-0.4, -0.2) is 45.1 Å². The standard InChI is InChI=1S/C25H24N2O7S2/c1-14-4-6-16(7-5-14)36(33,34)24-15(2)26-22(18(24)9-11-23(28)29)13-20-19-12-17(35(3,31)32)8-10-21(19)27-25(20)30/h4-8,10,12-13,26H,9,11H2,1-3H3,(H,27,30)(H,28,29)/b20-13+. The maximum Gasteiger partial charge on any atom is 0.303 e. The van der Waals surface area contributed by atoms with Crippen molar-refractivity contribution in [2.75, 3.05) is 11.6 Å². The van der Waals surface area contributed by atoms with Gasteiger partial charge in [-0.15, -0.1) is 0 Å². The Morgan fingerprint density at radius 2 is 1.64 bits per heavy atom. The fourth-order valence-electron chi connectivity index (χ4n) is 4.17. The van der Waals surface area contributed by atoms with Crippen molar-refractivity contribution in [3.8, 4) is 0 Å². The number of fused-ring (bicyclic) bond motifs is 1. The molecule has 3 N–H and O–H groups in total. The van der Waals surface area contributed by atoms with Crippen LogP contribution in [0.4, 0.5) is 5.69 Å². The summed E-state index contributed by atoms with van der Waals surface area (Å²) in [4.78, 5) is 27.2. The molecule has 188 valence electrons. The number of nitrogens with one attached hydrogen (secondary N) is 2. The van der Waals surface area contributed by atoms with Crippen LogP contribution >= 0.6 is 0 Å². The molecule has 1 aliphatic heterocycles. The summed E-state index contributed by atoms with van der Waals surface area (Å²) in [5.41, 5.74) is 2.59. The number of carboxylic acid groups (broad SMARTS) is 1. The number of aromatic nitrogens is 1. The topological polar surface area (TPSA) is 150 Å². The molecule has 11 heteroatoms. The molecule has 0 saturated heterocycles. The molecule has 2 aromatic carbocycles. The van der Waals surface area contributed by atoms with Crippen molar-refractivity contribution in [1.82, 2.24) is 4.98 Å². The van der Waals surface area contributed by atoms with Gasteiger partial charge in [0.2, 0.25) is 9.84 Å². The number of aryl methyl sites for hydroxylation is 2. The van der Waals surface area contributed by atoms with E-state index in [1.165, 1.54) is 36.4 Å². The minimum absolute atomic E-state index is 0.0278. The summed E-state index contributed by atoms with van der Waals surface area (Å²) in [6, 6.07) is 10.6. The summed E-state index contributed by atoms with van der Waals surface area (Å²) < 4.78 is 51.2. The van der Waals surface area contributed by atoms with Crippen LogP contribution in [0, 0.1) is 13.8 Å². The molecule has 0 fully saturated rings. The molecular weight excluding hydrogens is 504 g/mol. The molecule has 0 atom stereocenters. The summed E-state index contributed by atoms with van der Waals surface area (Å²) >= 11 is 0. The number of hydrogen-bond acceptors (Lipinski definition) is 6. The van der Waals surface area contributed by atoms with Crippen LogP contribution in [0.1, 0.15) is 34.5 Å². The number of sulfone groups is 2. The summed E-state index contributed by atoms with van der Waals surface area (Å²) in [5.74, 6) is -1.59. The van der Waals surface area contributed by atoms with E-state index >= 15 is 0 Å². The third kappa shape index (κ3) is 4.71. The van der Waals surface area contributed by atoms with Gasteiger partial charge in [0.1, 0.15) is 0 Å². The van der Waals surface area contributed by atoms with Crippen LogP contribution in [0.15, 0.2) is 57.2 Å². The fraction of sp³-hybridized carbons (Fsp3) is 0.200. The summed E-state index contributed by atoms with van der Waals surface area (Å²) in [7, 11) is -7.55. The first kappa shape index (κ1) is 25.4. The number of amides is 1. The number of hydrogen-bond donors (Lipinski definition) is 3. The molecule has 0 spiro atoms. The van der Waals surface area contributed by atoms with Crippen LogP contribution in [0.3, 0.4) is 0 Å². The maximum absolute atomic E-state index is 13.6. The average Bonchev–Trinajstić information content (AvgIpc) is 3.27. The predicted molar refractivity (Wildman–Crippen MR) is 134 cm³/mol. The van der Waals surface area contributed by atoms with Crippen LogP contribution in [0.5, 0.6) is 0 Å². The second-order valence-electron chi connectivity index (χ2n) is 8.67. The van der Waals surface area contributed by atoms with Crippen molar-refractivity contribution in [2.24, 2.45) is 0 Å². The van der Waals surface area contributed by atoms with Crippen molar-refractivity contribution in [2.45, 2.75) is 41.4 Å². The smallest absolute Gasteiger partial charge is 0.303 e. The first-order valence-corrected chi connectivity index (χ1v) is 14.3. The minimum Gasteiger partial charge on any atom is -0.481 e. The number of carboxylic acids is 1. The highest BCUT2D eigenvalue weighted by Crippen LogP contribution is 2.37. The maximum atomic E-state index is 13.6. The third-order valence-corrected chi connectivity index (χ3v) is 9.03. The number of carbonyl (C=O) groups is 2. The first-order chi connectivity index (χ1) is 16.8. The summed E-state index contributed by atoms with van der Waals surface area (Å²) in [6.07, 6.45) is 2.07. The van der Waals surface area contributed by atoms with Crippen LogP contribution in [0.2, 0.25) is 0 Å². The highest BCUT2D eigenvalue weighted by molar-refractivity contribution is 7.91. The molecule has 3 aromatic rings. The Morgan fingerprint density at radius 1 is 1.00 bits per heavy atom. The van der Waals surface area contributed by atoms with Gasteiger partial charge in [-0.05, 0) is 62.2 Å². The van der Waals surface area contributed by atoms with Crippen LogP contribution in [-0.2, 0) is 35.7 Å². The lowest BCUT2D eigenvalue weighted by Gasteiger charge is -2.09. The van der Waals surface area contributed by atoms with Gasteiger partial charge in [0, 0.05) is 35.3 Å². The third-order valence-electron chi connectivity index (χ3n) is 5.94. The molecule has 1 aromatic heterocycles. The zero-order valence-electron chi connectivity index (χ0n) is 19.7. The Morgan fingerprint density at radius 3 is 2.25 bits per heavy atom. The highest BCUT2D eigenvalue weighted by Gasteiger charge is 2.30. The molecule has 0 aliphatic carbocycles. The van der Waals surface area contributed by atoms with E-state index in [0.717, 1.165) is 11.8 Å². The molecular formula is C25H24N2O7S2. The molecule has 0 saturated carbocycles. The van der Waals surface area contributed by atoms with E-state index in [0.29, 0.717) is 16.9 Å². The molecule has 36 heavy (non-hydrogen) atoms. The van der Waals surface area contributed by atoms with Gasteiger partial charge < -0.3 is 15.4 Å². The summed E-state index contributed by atoms with van der Waals surface area (Å²) in [5, 5.41) is 12.0. The Kier molecular flexibility index (Phi) is 6.40. The Hall–Kier alpha value is -3.70. The lowest BCUT2D eigenvalue weighted by atomic mass is 10.0. The zero-order chi connectivity index (χ0) is 26.4. The Balaban J connectivity index is 1.91. The van der Waals surface area contributed by atoms with Crippen molar-refractivity contribution >= 4 is 48.9 Å². The number of benzene rings is 2. The number of anilines is 1. The summed E-state index contributed by atoms with van der Waals surface area (Å²) in [6.45, 7) is 3.40. The van der Waals surface area contributed by atoms with Crippen molar-refractivity contribution in [1.29, 1.82) is 0 Å². The van der Waals surface area contributed by atoms with Crippen molar-refractivity contribution in [3.05, 3.63) is 70.5 Å². The van der Waals surface area contributed by atoms with E-state index in [2.05, 4.69) is 10.3 Å². The predicted octanol–water partition coefficient (Wildman–Crippen LogP) is 3.38. The minimum atomic E-state index is -4.01. The van der Waals surface area contributed by atoms with Gasteiger partial charge in [-0.1, -0.05) is 17.7 Å². The zero-order valence-corrected chi connectivity index (χ0v) is 21.4. The normalized spacial score (nSPS) is 14.6. The lowest BCUT2D eigenvalue weighted by molar-refractivity contribution is -0.137. The number of aromatic amines is 1. The van der Waals surface area contributed by atoms with Gasteiger partial charge in [-0.2, -0.15) is 0 Å². The van der Waals surface area contributed by atoms with E-state index in [1.807, 2.05) is 6.92 Å². The average molecular weight is 529 g/mol. The molecule has 2 heterocycles. The van der Waals surface area contributed by atoms with E-state index in [-0.39, 0.29) is 44.4 Å².